The molecule has 128 valence electrons. The van der Waals surface area contributed by atoms with Gasteiger partial charge in [-0.2, -0.15) is 0 Å². The summed E-state index contributed by atoms with van der Waals surface area (Å²) in [6.45, 7) is 1.92. The Hall–Kier alpha value is -2.30. The second-order valence-electron chi connectivity index (χ2n) is 6.02. The minimum Gasteiger partial charge on any atom is -0.379 e. The smallest absolute Gasteiger partial charge is 0.134 e. The summed E-state index contributed by atoms with van der Waals surface area (Å²) in [6.07, 6.45) is 8.84. The first kappa shape index (κ1) is 17.5. The lowest BCUT2D eigenvalue weighted by Gasteiger charge is -2.26. The van der Waals surface area contributed by atoms with E-state index in [1.165, 1.54) is 11.9 Å². The number of rotatable bonds is 6. The summed E-state index contributed by atoms with van der Waals surface area (Å²) < 4.78 is 0. The standard InChI is InChI=1S/C20H20ClN3O/c1-2-20(25,17-12-22-14-23-13-17)19-10-7-16(11-24-19)4-3-15-5-8-18(21)9-6-15/h5-14,25H,2-4H2,1H3. The molecule has 1 atom stereocenters. The molecule has 3 rings (SSSR count). The van der Waals surface area contributed by atoms with Crippen LogP contribution in [0.25, 0.3) is 0 Å². The summed E-state index contributed by atoms with van der Waals surface area (Å²) in [5, 5.41) is 11.8. The Morgan fingerprint density at radius 1 is 0.920 bits per heavy atom. The van der Waals surface area contributed by atoms with Crippen LogP contribution in [0.5, 0.6) is 0 Å². The summed E-state index contributed by atoms with van der Waals surface area (Å²) in [7, 11) is 0. The fraction of sp³-hybridized carbons (Fsp3) is 0.250. The monoisotopic (exact) mass is 353 g/mol. The number of hydrogen-bond acceptors (Lipinski definition) is 4. The number of nitrogens with zero attached hydrogens (tertiary/aromatic N) is 3. The van der Waals surface area contributed by atoms with Gasteiger partial charge < -0.3 is 5.11 Å². The van der Waals surface area contributed by atoms with E-state index in [9.17, 15) is 5.11 Å². The molecule has 0 radical (unpaired) electrons. The van der Waals surface area contributed by atoms with Crippen LogP contribution in [0.4, 0.5) is 0 Å². The van der Waals surface area contributed by atoms with Gasteiger partial charge in [-0.25, -0.2) is 9.97 Å². The van der Waals surface area contributed by atoms with Gasteiger partial charge in [-0.3, -0.25) is 4.98 Å². The Labute approximate surface area is 152 Å². The molecule has 1 aromatic carbocycles. The lowest BCUT2D eigenvalue weighted by Crippen LogP contribution is -2.28. The van der Waals surface area contributed by atoms with Gasteiger partial charge in [0.25, 0.3) is 0 Å². The summed E-state index contributed by atoms with van der Waals surface area (Å²) in [4.78, 5) is 12.5. The number of halogens is 1. The third kappa shape index (κ3) is 4.03. The predicted octanol–water partition coefficient (Wildman–Crippen LogP) is 3.96. The van der Waals surface area contributed by atoms with Crippen molar-refractivity contribution in [1.29, 1.82) is 0 Å². The van der Waals surface area contributed by atoms with E-state index in [4.69, 9.17) is 11.6 Å². The lowest BCUT2D eigenvalue weighted by molar-refractivity contribution is 0.0711. The van der Waals surface area contributed by atoms with E-state index in [1.807, 2.05) is 49.5 Å². The van der Waals surface area contributed by atoms with Crippen molar-refractivity contribution in [3.63, 3.8) is 0 Å². The molecule has 0 saturated carbocycles. The van der Waals surface area contributed by atoms with E-state index in [0.29, 0.717) is 17.7 Å². The van der Waals surface area contributed by atoms with Crippen molar-refractivity contribution in [3.05, 3.63) is 88.7 Å². The molecule has 4 nitrogen and oxygen atoms in total. The molecule has 0 aliphatic rings. The Balaban J connectivity index is 1.74. The molecule has 2 aromatic heterocycles. The molecule has 0 aliphatic carbocycles. The van der Waals surface area contributed by atoms with Crippen LogP contribution in [0.2, 0.25) is 5.02 Å². The molecule has 0 bridgehead atoms. The highest BCUT2D eigenvalue weighted by atomic mass is 35.5. The van der Waals surface area contributed by atoms with Crippen molar-refractivity contribution in [2.45, 2.75) is 31.8 Å². The normalized spacial score (nSPS) is 13.4. The Kier molecular flexibility index (Phi) is 5.41. The average Bonchev–Trinajstić information content (AvgIpc) is 2.68. The van der Waals surface area contributed by atoms with Crippen LogP contribution in [-0.2, 0) is 18.4 Å². The first-order chi connectivity index (χ1) is 12.1. The molecule has 0 spiro atoms. The van der Waals surface area contributed by atoms with Crippen molar-refractivity contribution < 1.29 is 5.11 Å². The Bertz CT molecular complexity index is 807. The zero-order chi connectivity index (χ0) is 17.7. The second-order valence-corrected chi connectivity index (χ2v) is 6.46. The number of hydrogen-bond donors (Lipinski definition) is 1. The zero-order valence-corrected chi connectivity index (χ0v) is 14.8. The van der Waals surface area contributed by atoms with E-state index in [0.717, 1.165) is 23.4 Å². The van der Waals surface area contributed by atoms with Crippen molar-refractivity contribution in [3.8, 4) is 0 Å². The molecular formula is C20H20ClN3O. The molecule has 3 aromatic rings. The average molecular weight is 354 g/mol. The first-order valence-electron chi connectivity index (χ1n) is 8.29. The lowest BCUT2D eigenvalue weighted by atomic mass is 9.89. The minimum atomic E-state index is -1.17. The summed E-state index contributed by atoms with van der Waals surface area (Å²) in [5.74, 6) is 0. The summed E-state index contributed by atoms with van der Waals surface area (Å²) >= 11 is 5.91. The highest BCUT2D eigenvalue weighted by Gasteiger charge is 2.31. The number of aryl methyl sites for hydroxylation is 2. The Morgan fingerprint density at radius 3 is 2.16 bits per heavy atom. The van der Waals surface area contributed by atoms with Gasteiger partial charge in [0, 0.05) is 29.2 Å². The summed E-state index contributed by atoms with van der Waals surface area (Å²) in [6, 6.07) is 11.8. The fourth-order valence-electron chi connectivity index (χ4n) is 2.80. The predicted molar refractivity (Wildman–Crippen MR) is 98.4 cm³/mol. The molecule has 2 heterocycles. The van der Waals surface area contributed by atoms with Crippen molar-refractivity contribution in [2.75, 3.05) is 0 Å². The van der Waals surface area contributed by atoms with Gasteiger partial charge in [-0.15, -0.1) is 0 Å². The van der Waals surface area contributed by atoms with Gasteiger partial charge in [0.2, 0.25) is 0 Å². The van der Waals surface area contributed by atoms with Crippen LogP contribution in [0.15, 0.2) is 61.3 Å². The van der Waals surface area contributed by atoms with Gasteiger partial charge in [0.15, 0.2) is 0 Å². The van der Waals surface area contributed by atoms with E-state index < -0.39 is 5.60 Å². The third-order valence-electron chi connectivity index (χ3n) is 4.41. The van der Waals surface area contributed by atoms with Gasteiger partial charge in [-0.05, 0) is 48.6 Å². The maximum atomic E-state index is 11.0. The zero-order valence-electron chi connectivity index (χ0n) is 14.1. The highest BCUT2D eigenvalue weighted by Crippen LogP contribution is 2.30. The van der Waals surface area contributed by atoms with E-state index in [-0.39, 0.29) is 0 Å². The maximum Gasteiger partial charge on any atom is 0.134 e. The first-order valence-corrected chi connectivity index (χ1v) is 8.67. The van der Waals surface area contributed by atoms with Crippen LogP contribution in [0.3, 0.4) is 0 Å². The summed E-state index contributed by atoms with van der Waals surface area (Å²) in [5.41, 5.74) is 2.45. The molecule has 0 aliphatic heterocycles. The van der Waals surface area contributed by atoms with E-state index in [2.05, 4.69) is 15.0 Å². The highest BCUT2D eigenvalue weighted by molar-refractivity contribution is 6.30. The van der Waals surface area contributed by atoms with Crippen LogP contribution >= 0.6 is 11.6 Å². The maximum absolute atomic E-state index is 11.0. The van der Waals surface area contributed by atoms with Gasteiger partial charge in [0.05, 0.1) is 5.69 Å². The van der Waals surface area contributed by atoms with Crippen molar-refractivity contribution in [1.82, 2.24) is 15.0 Å². The molecular weight excluding hydrogens is 334 g/mol. The number of benzene rings is 1. The molecule has 0 fully saturated rings. The van der Waals surface area contributed by atoms with Crippen molar-refractivity contribution in [2.24, 2.45) is 0 Å². The topological polar surface area (TPSA) is 58.9 Å². The number of aromatic nitrogens is 3. The quantitative estimate of drug-likeness (QED) is 0.728. The molecule has 1 N–H and O–H groups in total. The number of pyridine rings is 1. The van der Waals surface area contributed by atoms with Crippen LogP contribution in [-0.4, -0.2) is 20.1 Å². The molecule has 5 heteroatoms. The van der Waals surface area contributed by atoms with E-state index >= 15 is 0 Å². The van der Waals surface area contributed by atoms with Crippen LogP contribution < -0.4 is 0 Å². The van der Waals surface area contributed by atoms with Gasteiger partial charge in [-0.1, -0.05) is 36.7 Å². The van der Waals surface area contributed by atoms with Crippen LogP contribution in [0.1, 0.15) is 35.7 Å². The molecule has 0 amide bonds. The molecule has 25 heavy (non-hydrogen) atoms. The SMILES string of the molecule is CCC(O)(c1cncnc1)c1ccc(CCc2ccc(Cl)cc2)cn1. The van der Waals surface area contributed by atoms with Crippen LogP contribution in [0, 0.1) is 0 Å². The fourth-order valence-corrected chi connectivity index (χ4v) is 2.93. The van der Waals surface area contributed by atoms with Crippen molar-refractivity contribution >= 4 is 11.6 Å². The van der Waals surface area contributed by atoms with Gasteiger partial charge >= 0.3 is 0 Å². The number of aliphatic hydroxyl groups is 1. The minimum absolute atomic E-state index is 0.498. The second kappa shape index (κ2) is 7.72. The molecule has 0 saturated heterocycles. The van der Waals surface area contributed by atoms with E-state index in [1.54, 1.807) is 12.4 Å². The Morgan fingerprint density at radius 2 is 1.56 bits per heavy atom. The molecule has 1 unspecified atom stereocenters. The third-order valence-corrected chi connectivity index (χ3v) is 4.67. The largest absolute Gasteiger partial charge is 0.379 e. The van der Waals surface area contributed by atoms with Gasteiger partial charge in [0.1, 0.15) is 11.9 Å².